The molecule has 5 aromatic carbocycles. The van der Waals surface area contributed by atoms with Gasteiger partial charge in [-0.3, -0.25) is 9.78 Å². The molecule has 2 aromatic heterocycles. The fourth-order valence-corrected chi connectivity index (χ4v) is 7.10. The predicted octanol–water partition coefficient (Wildman–Crippen LogP) is 8.71. The van der Waals surface area contributed by atoms with Gasteiger partial charge in [0.25, 0.3) is 11.1 Å². The van der Waals surface area contributed by atoms with E-state index in [1.54, 1.807) is 0 Å². The Hall–Kier alpha value is -5.65. The molecule has 3 atom stereocenters. The van der Waals surface area contributed by atoms with Gasteiger partial charge in [-0.1, -0.05) is 133 Å². The summed E-state index contributed by atoms with van der Waals surface area (Å²) in [5, 5.41) is 13.1. The van der Waals surface area contributed by atoms with Crippen molar-refractivity contribution in [3.63, 3.8) is 0 Å². The number of ether oxygens (including phenoxy) is 2. The molecule has 0 radical (unpaired) electrons. The van der Waals surface area contributed by atoms with Crippen molar-refractivity contribution in [3.05, 3.63) is 168 Å². The molecule has 1 aliphatic heterocycles. The Bertz CT molecular complexity index is 2240. The van der Waals surface area contributed by atoms with E-state index in [0.29, 0.717) is 29.5 Å². The first-order valence-corrected chi connectivity index (χ1v) is 18.4. The molecular formula is C43H36N4O5S. The van der Waals surface area contributed by atoms with Crippen molar-refractivity contribution in [3.8, 4) is 22.6 Å². The van der Waals surface area contributed by atoms with Crippen LogP contribution in [0.2, 0.25) is 0 Å². The number of para-hydroxylation sites is 2. The van der Waals surface area contributed by atoms with Crippen molar-refractivity contribution in [1.29, 1.82) is 0 Å². The highest BCUT2D eigenvalue weighted by atomic mass is 32.2. The number of rotatable bonds is 11. The van der Waals surface area contributed by atoms with Crippen molar-refractivity contribution in [2.45, 2.75) is 43.3 Å². The third-order valence-corrected chi connectivity index (χ3v) is 10.0. The van der Waals surface area contributed by atoms with Gasteiger partial charge in [-0.25, -0.2) is 9.97 Å². The number of aliphatic hydroxyl groups excluding tert-OH is 1. The number of thioether (sulfide) groups is 1. The molecule has 0 aliphatic carbocycles. The van der Waals surface area contributed by atoms with Crippen LogP contribution in [0.3, 0.4) is 0 Å². The van der Waals surface area contributed by atoms with Gasteiger partial charge in [-0.15, -0.1) is 0 Å². The molecule has 1 amide bonds. The molecule has 53 heavy (non-hydrogen) atoms. The van der Waals surface area contributed by atoms with Gasteiger partial charge in [-0.05, 0) is 28.8 Å². The highest BCUT2D eigenvalue weighted by molar-refractivity contribution is 7.99. The lowest BCUT2D eigenvalue weighted by Crippen LogP contribution is -2.31. The second kappa shape index (κ2) is 15.9. The Kier molecular flexibility index (Phi) is 10.4. The van der Waals surface area contributed by atoms with Crippen LogP contribution in [0.5, 0.6) is 0 Å². The summed E-state index contributed by atoms with van der Waals surface area (Å²) < 4.78 is 19.6. The number of carbonyl (C=O) groups excluding carboxylic acids is 1. The van der Waals surface area contributed by atoms with Crippen LogP contribution < -0.4 is 5.32 Å². The molecule has 7 aromatic rings. The number of nitrogens with zero attached hydrogens (tertiary/aromatic N) is 3. The number of fused-ring (bicyclic) bond motifs is 1. The molecule has 264 valence electrons. The van der Waals surface area contributed by atoms with Crippen molar-refractivity contribution in [2.24, 2.45) is 0 Å². The average molecular weight is 721 g/mol. The summed E-state index contributed by atoms with van der Waals surface area (Å²) in [4.78, 5) is 26.6. The quantitative estimate of drug-likeness (QED) is 0.127. The summed E-state index contributed by atoms with van der Waals surface area (Å²) in [5.74, 6) is 1.03. The van der Waals surface area contributed by atoms with E-state index in [0.717, 1.165) is 50.4 Å². The van der Waals surface area contributed by atoms with E-state index in [2.05, 4.69) is 15.3 Å². The standard InChI is InChI=1S/C43H36N4O5S/c48-26-29-17-19-30(20-18-29)38-23-34(27-53-43-47-39(31-9-3-1-4-10-31)40(52-43)32-11-5-2-6-12-32)50-42(51-38)33-21-15-28(16-22-33)24-45-41(49)37-25-44-35-13-7-8-14-36(35)46-37/h1-22,25,34,38,42,48H,23-24,26-27H2,(H,45,49)/t34-,38+,42+/m1/s1. The molecule has 0 bridgehead atoms. The van der Waals surface area contributed by atoms with Gasteiger partial charge in [0.15, 0.2) is 12.1 Å². The Morgan fingerprint density at radius 3 is 2.13 bits per heavy atom. The van der Waals surface area contributed by atoms with E-state index in [1.807, 2.05) is 133 Å². The number of nitrogens with one attached hydrogen (secondary N) is 1. The molecular weight excluding hydrogens is 685 g/mol. The number of aliphatic hydroxyl groups is 1. The Labute approximate surface area is 311 Å². The SMILES string of the molecule is O=C(NCc1ccc([C@H]2O[C@@H](CSc3nc(-c4ccccc4)c(-c4ccccc4)o3)C[C@@H](c3ccc(CO)cc3)O2)cc1)c1cnc2ccccc2n1. The van der Waals surface area contributed by atoms with Crippen molar-refractivity contribution < 1.29 is 23.8 Å². The fraction of sp³-hybridized carbons (Fsp3) is 0.163. The van der Waals surface area contributed by atoms with E-state index in [1.165, 1.54) is 18.0 Å². The molecule has 9 nitrogen and oxygen atoms in total. The lowest BCUT2D eigenvalue weighted by atomic mass is 10.0. The average Bonchev–Trinajstić information content (AvgIpc) is 3.67. The number of hydrogen-bond acceptors (Lipinski definition) is 9. The summed E-state index contributed by atoms with van der Waals surface area (Å²) in [6.07, 6.45) is 1.07. The zero-order valence-electron chi connectivity index (χ0n) is 28.7. The minimum absolute atomic E-state index is 0.0225. The topological polar surface area (TPSA) is 120 Å². The largest absolute Gasteiger partial charge is 0.431 e. The van der Waals surface area contributed by atoms with Crippen LogP contribution in [-0.2, 0) is 22.6 Å². The molecule has 2 N–H and O–H groups in total. The van der Waals surface area contributed by atoms with Gasteiger partial charge in [0, 0.05) is 35.4 Å². The molecule has 3 heterocycles. The van der Waals surface area contributed by atoms with Crippen LogP contribution in [0.1, 0.15) is 51.6 Å². The smallest absolute Gasteiger partial charge is 0.271 e. The number of amides is 1. The van der Waals surface area contributed by atoms with E-state index in [4.69, 9.17) is 18.9 Å². The lowest BCUT2D eigenvalue weighted by Gasteiger charge is -2.36. The predicted molar refractivity (Wildman–Crippen MR) is 204 cm³/mol. The summed E-state index contributed by atoms with van der Waals surface area (Å²) in [6, 6.07) is 43.2. The summed E-state index contributed by atoms with van der Waals surface area (Å²) >= 11 is 1.52. The first-order valence-electron chi connectivity index (χ1n) is 17.4. The molecule has 0 saturated carbocycles. The van der Waals surface area contributed by atoms with Crippen molar-refractivity contribution >= 4 is 28.7 Å². The molecule has 1 aliphatic rings. The van der Waals surface area contributed by atoms with E-state index in [9.17, 15) is 9.90 Å². The normalized spacial score (nSPS) is 17.1. The van der Waals surface area contributed by atoms with Gasteiger partial charge in [0.1, 0.15) is 11.4 Å². The van der Waals surface area contributed by atoms with E-state index in [-0.39, 0.29) is 30.4 Å². The summed E-state index contributed by atoms with van der Waals surface area (Å²) in [6.45, 7) is 0.302. The minimum atomic E-state index is -0.627. The number of oxazole rings is 1. The monoisotopic (exact) mass is 720 g/mol. The molecule has 0 spiro atoms. The van der Waals surface area contributed by atoms with Gasteiger partial charge in [-0.2, -0.15) is 0 Å². The highest BCUT2D eigenvalue weighted by Gasteiger charge is 2.33. The zero-order chi connectivity index (χ0) is 36.0. The van der Waals surface area contributed by atoms with E-state index < -0.39 is 6.29 Å². The van der Waals surface area contributed by atoms with Crippen LogP contribution in [-0.4, -0.2) is 37.8 Å². The molecule has 8 rings (SSSR count). The Morgan fingerprint density at radius 1 is 0.736 bits per heavy atom. The summed E-state index contributed by atoms with van der Waals surface area (Å²) in [5.41, 5.74) is 8.06. The second-order valence-electron chi connectivity index (χ2n) is 12.7. The van der Waals surface area contributed by atoms with E-state index >= 15 is 0 Å². The third-order valence-electron chi connectivity index (χ3n) is 9.08. The molecule has 0 unspecified atom stereocenters. The number of carbonyl (C=O) groups is 1. The van der Waals surface area contributed by atoms with Crippen LogP contribution in [0.15, 0.2) is 149 Å². The van der Waals surface area contributed by atoms with Crippen LogP contribution in [0, 0.1) is 0 Å². The van der Waals surface area contributed by atoms with Gasteiger partial charge in [0.05, 0.1) is 36.0 Å². The van der Waals surface area contributed by atoms with Gasteiger partial charge in [0.2, 0.25) is 0 Å². The first-order chi connectivity index (χ1) is 26.1. The maximum absolute atomic E-state index is 12.9. The second-order valence-corrected chi connectivity index (χ2v) is 13.7. The maximum Gasteiger partial charge on any atom is 0.271 e. The zero-order valence-corrected chi connectivity index (χ0v) is 29.5. The van der Waals surface area contributed by atoms with Crippen molar-refractivity contribution in [1.82, 2.24) is 20.3 Å². The minimum Gasteiger partial charge on any atom is -0.431 e. The molecule has 1 saturated heterocycles. The van der Waals surface area contributed by atoms with Crippen molar-refractivity contribution in [2.75, 3.05) is 5.75 Å². The van der Waals surface area contributed by atoms with Gasteiger partial charge < -0.3 is 24.3 Å². The maximum atomic E-state index is 12.9. The van der Waals surface area contributed by atoms with Crippen LogP contribution >= 0.6 is 11.8 Å². The lowest BCUT2D eigenvalue weighted by molar-refractivity contribution is -0.245. The number of hydrogen-bond donors (Lipinski definition) is 2. The molecule has 1 fully saturated rings. The third kappa shape index (κ3) is 8.06. The fourth-order valence-electron chi connectivity index (χ4n) is 6.26. The van der Waals surface area contributed by atoms with Gasteiger partial charge >= 0.3 is 0 Å². The number of benzene rings is 5. The van der Waals surface area contributed by atoms with Crippen LogP contribution in [0.4, 0.5) is 0 Å². The first kappa shape index (κ1) is 34.4. The Morgan fingerprint density at radius 2 is 1.40 bits per heavy atom. The number of aromatic nitrogens is 3. The highest BCUT2D eigenvalue weighted by Crippen LogP contribution is 2.41. The summed E-state index contributed by atoms with van der Waals surface area (Å²) in [7, 11) is 0. The molecule has 10 heteroatoms. The Balaban J connectivity index is 0.980. The van der Waals surface area contributed by atoms with Crippen LogP contribution in [0.25, 0.3) is 33.6 Å².